The van der Waals surface area contributed by atoms with E-state index in [-0.39, 0.29) is 141 Å². The Morgan fingerprint density at radius 1 is 1.00 bits per heavy atom. The molecule has 0 N–H and O–H groups in total. The molecular formula is CCaK2O7S. The molecule has 0 aromatic carbocycles. The van der Waals surface area contributed by atoms with E-state index in [1.807, 2.05) is 0 Å². The summed E-state index contributed by atoms with van der Waals surface area (Å²) in [6.45, 7) is 0. The summed E-state index contributed by atoms with van der Waals surface area (Å²) in [5.41, 5.74) is 0. The summed E-state index contributed by atoms with van der Waals surface area (Å²) in [4.78, 5) is 8.33. The summed E-state index contributed by atoms with van der Waals surface area (Å²) in [7, 11) is -5.17. The molecule has 0 radical (unpaired) electrons. The van der Waals surface area contributed by atoms with Crippen LogP contribution in [0, 0.1) is 0 Å². The number of carboxylic acid groups (broad SMARTS) is 2. The molecule has 0 bridgehead atoms. The Morgan fingerprint density at radius 3 is 1.00 bits per heavy atom. The third-order valence-electron chi connectivity index (χ3n) is 0. The van der Waals surface area contributed by atoms with Crippen molar-refractivity contribution < 1.29 is 135 Å². The fraction of sp³-hybridized carbons (Fsp3) is 0. The monoisotopic (exact) mass is 274 g/mol. The van der Waals surface area contributed by atoms with Gasteiger partial charge < -0.3 is 24.1 Å². The second-order valence-electron chi connectivity index (χ2n) is 0.658. The van der Waals surface area contributed by atoms with Gasteiger partial charge in [0.25, 0.3) is 0 Å². The maximum atomic E-state index is 8.52. The summed E-state index contributed by atoms with van der Waals surface area (Å²) in [6, 6.07) is 0. The first kappa shape index (κ1) is 29.6. The zero-order valence-electron chi connectivity index (χ0n) is 6.47. The standard InChI is InChI=1S/CH2O3.Ca.2K.H2O4S/c2-1(3)4;;;;1-5(2,3)4/h(H2,2,3,4);;;;(H2,1,2,3,4)/q;+2;2*+1;/p-4. The molecule has 0 fully saturated rings. The van der Waals surface area contributed by atoms with Crippen molar-refractivity contribution in [3.63, 3.8) is 0 Å². The van der Waals surface area contributed by atoms with Crippen molar-refractivity contribution >= 4 is 54.3 Å². The van der Waals surface area contributed by atoms with Gasteiger partial charge in [-0.15, -0.1) is 0 Å². The van der Waals surface area contributed by atoms with Crippen molar-refractivity contribution in [3.05, 3.63) is 0 Å². The largest absolute Gasteiger partial charge is 2.00 e. The van der Waals surface area contributed by atoms with Crippen LogP contribution >= 0.6 is 0 Å². The molecule has 56 valence electrons. The number of carbonyl (C=O) groups excluding carboxylic acids is 1. The molecule has 0 saturated heterocycles. The molecule has 0 aromatic rings. The maximum Gasteiger partial charge on any atom is 2.00 e. The van der Waals surface area contributed by atoms with E-state index in [1.54, 1.807) is 0 Å². The van der Waals surface area contributed by atoms with Crippen LogP contribution in [0.1, 0.15) is 0 Å². The van der Waals surface area contributed by atoms with E-state index in [1.165, 1.54) is 0 Å². The van der Waals surface area contributed by atoms with Gasteiger partial charge in [-0.25, -0.2) is 0 Å². The van der Waals surface area contributed by atoms with Crippen LogP contribution in [0.25, 0.3) is 0 Å². The van der Waals surface area contributed by atoms with Gasteiger partial charge in [-0.2, -0.15) is 0 Å². The quantitative estimate of drug-likeness (QED) is 0.242. The van der Waals surface area contributed by atoms with Crippen molar-refractivity contribution in [2.24, 2.45) is 0 Å². The molecule has 0 aliphatic heterocycles. The number of hydrogen-bond donors (Lipinski definition) is 0. The zero-order valence-corrected chi connectivity index (χ0v) is 15.7. The summed E-state index contributed by atoms with van der Waals surface area (Å²) >= 11 is 0. The van der Waals surface area contributed by atoms with E-state index < -0.39 is 16.6 Å². The van der Waals surface area contributed by atoms with Crippen LogP contribution in [-0.2, 0) is 10.4 Å². The van der Waals surface area contributed by atoms with Crippen molar-refractivity contribution in [3.8, 4) is 0 Å². The average molecular weight is 274 g/mol. The van der Waals surface area contributed by atoms with Gasteiger partial charge in [-0.05, 0) is 6.16 Å². The first-order chi connectivity index (χ1) is 3.73. The van der Waals surface area contributed by atoms with Crippen LogP contribution in [0.3, 0.4) is 0 Å². The molecule has 0 heterocycles. The minimum absolute atomic E-state index is 0. The fourth-order valence-electron chi connectivity index (χ4n) is 0. The summed E-state index contributed by atoms with van der Waals surface area (Å²) < 4.78 is 34.1. The van der Waals surface area contributed by atoms with Gasteiger partial charge in [-0.3, -0.25) is 8.42 Å². The van der Waals surface area contributed by atoms with Crippen LogP contribution in [-0.4, -0.2) is 61.4 Å². The van der Waals surface area contributed by atoms with Crippen LogP contribution < -0.4 is 113 Å². The van der Waals surface area contributed by atoms with E-state index in [2.05, 4.69) is 0 Å². The summed E-state index contributed by atoms with van der Waals surface area (Å²) in [5.74, 6) is 0. The van der Waals surface area contributed by atoms with Crippen molar-refractivity contribution in [2.75, 3.05) is 0 Å². The SMILES string of the molecule is O=C([O-])[O-].O=S(=O)([O-])[O-].[Ca+2].[K+].[K+]. The van der Waals surface area contributed by atoms with E-state index in [9.17, 15) is 0 Å². The van der Waals surface area contributed by atoms with Crippen LogP contribution in [0.15, 0.2) is 0 Å². The second kappa shape index (κ2) is 17.1. The molecule has 0 aliphatic carbocycles. The van der Waals surface area contributed by atoms with Gasteiger partial charge in [0.15, 0.2) is 0 Å². The van der Waals surface area contributed by atoms with E-state index in [0.29, 0.717) is 0 Å². The van der Waals surface area contributed by atoms with Gasteiger partial charge in [0.2, 0.25) is 0 Å². The Morgan fingerprint density at radius 2 is 1.00 bits per heavy atom. The van der Waals surface area contributed by atoms with Gasteiger partial charge in [0.1, 0.15) is 0 Å². The Labute approximate surface area is 184 Å². The summed E-state index contributed by atoms with van der Waals surface area (Å²) in [5, 5.41) is 16.7. The Balaban J connectivity index is -0.0000000221. The topological polar surface area (TPSA) is 143 Å². The minimum atomic E-state index is -5.17. The average Bonchev–Trinajstić information content (AvgIpc) is 1.19. The van der Waals surface area contributed by atoms with Crippen molar-refractivity contribution in [1.29, 1.82) is 0 Å². The molecule has 12 heavy (non-hydrogen) atoms. The molecule has 0 amide bonds. The number of rotatable bonds is 0. The van der Waals surface area contributed by atoms with Crippen LogP contribution in [0.2, 0.25) is 0 Å². The van der Waals surface area contributed by atoms with Gasteiger partial charge in [-0.1, -0.05) is 0 Å². The predicted molar refractivity (Wildman–Crippen MR) is 21.6 cm³/mol. The number of hydrogen-bond acceptors (Lipinski definition) is 7. The molecule has 7 nitrogen and oxygen atoms in total. The molecule has 0 aliphatic rings. The first-order valence-electron chi connectivity index (χ1n) is 1.28. The maximum absolute atomic E-state index is 8.52. The molecule has 0 atom stereocenters. The van der Waals surface area contributed by atoms with Gasteiger partial charge in [0, 0.05) is 10.4 Å². The molecule has 0 saturated carbocycles. The van der Waals surface area contributed by atoms with E-state index in [0.717, 1.165) is 0 Å². The molecule has 0 unspecified atom stereocenters. The molecule has 0 rings (SSSR count). The molecular weight excluding hydrogens is 274 g/mol. The van der Waals surface area contributed by atoms with Gasteiger partial charge in [0.05, 0.1) is 0 Å². The Bertz CT molecular complexity index is 164. The third kappa shape index (κ3) is 163. The van der Waals surface area contributed by atoms with Crippen LogP contribution in [0.4, 0.5) is 4.79 Å². The smallest absolute Gasteiger partial charge is 0.759 e. The zero-order chi connectivity index (χ0) is 8.08. The van der Waals surface area contributed by atoms with Crippen molar-refractivity contribution in [2.45, 2.75) is 0 Å². The van der Waals surface area contributed by atoms with E-state index >= 15 is 0 Å². The Kier molecular flexibility index (Phi) is 42.2. The van der Waals surface area contributed by atoms with E-state index in [4.69, 9.17) is 32.5 Å². The minimum Gasteiger partial charge on any atom is -0.759 e. The number of carbonyl (C=O) groups is 1. The first-order valence-corrected chi connectivity index (χ1v) is 2.61. The summed E-state index contributed by atoms with van der Waals surface area (Å²) in [6.07, 6.45) is -2.33. The fourth-order valence-corrected chi connectivity index (χ4v) is 0. The third-order valence-corrected chi connectivity index (χ3v) is 0. The second-order valence-corrected chi connectivity index (χ2v) is 1.47. The van der Waals surface area contributed by atoms with Crippen LogP contribution in [0.5, 0.6) is 0 Å². The predicted octanol–water partition coefficient (Wildman–Crippen LogP) is -10.2. The Hall–Kier alpha value is 3.67. The molecule has 0 spiro atoms. The van der Waals surface area contributed by atoms with Gasteiger partial charge >= 0.3 is 141 Å². The van der Waals surface area contributed by atoms with Crippen molar-refractivity contribution in [1.82, 2.24) is 0 Å². The molecule has 0 aromatic heterocycles. The normalized spacial score (nSPS) is 6.83. The molecule has 11 heteroatoms.